The van der Waals surface area contributed by atoms with Gasteiger partial charge in [-0.25, -0.2) is 4.79 Å². The van der Waals surface area contributed by atoms with Crippen LogP contribution < -0.4 is 19.9 Å². The Hall–Kier alpha value is -3.03. The zero-order valence-corrected chi connectivity index (χ0v) is 17.8. The summed E-state index contributed by atoms with van der Waals surface area (Å²) in [5.41, 5.74) is 7.25. The lowest BCUT2D eigenvalue weighted by molar-refractivity contribution is 0.0821. The van der Waals surface area contributed by atoms with Crippen molar-refractivity contribution in [3.05, 3.63) is 65.7 Å². The van der Waals surface area contributed by atoms with Crippen molar-refractivity contribution in [1.29, 1.82) is 0 Å². The minimum absolute atomic E-state index is 0.00838. The van der Waals surface area contributed by atoms with Crippen molar-refractivity contribution in [2.75, 3.05) is 20.7 Å². The van der Waals surface area contributed by atoms with Gasteiger partial charge in [0, 0.05) is 18.5 Å². The number of para-hydroxylation sites is 1. The van der Waals surface area contributed by atoms with Crippen molar-refractivity contribution in [2.24, 2.45) is 5.73 Å². The smallest absolute Gasteiger partial charge is 0.409 e. The minimum atomic E-state index is -0.786. The average Bonchev–Trinajstić information content (AvgIpc) is 3.00. The van der Waals surface area contributed by atoms with Gasteiger partial charge in [0.1, 0.15) is 11.9 Å². The number of hydrogen-bond acceptors (Lipinski definition) is 6. The summed E-state index contributed by atoms with van der Waals surface area (Å²) in [7, 11) is 3.84. The molecule has 3 atom stereocenters. The van der Waals surface area contributed by atoms with E-state index < -0.39 is 12.2 Å². The molecule has 2 aromatic carbocycles. The Labute approximate surface area is 182 Å². The lowest BCUT2D eigenvalue weighted by atomic mass is 9.69. The van der Waals surface area contributed by atoms with Crippen molar-refractivity contribution in [2.45, 2.75) is 37.0 Å². The van der Waals surface area contributed by atoms with E-state index in [2.05, 4.69) is 28.8 Å². The summed E-state index contributed by atoms with van der Waals surface area (Å²) in [6.07, 6.45) is 4.59. The molecule has 0 fully saturated rings. The van der Waals surface area contributed by atoms with Gasteiger partial charge in [0.25, 0.3) is 0 Å². The summed E-state index contributed by atoms with van der Waals surface area (Å²) in [5.74, 6) is 2.15. The van der Waals surface area contributed by atoms with E-state index in [1.165, 1.54) is 11.1 Å². The Bertz CT molecular complexity index is 977. The molecule has 31 heavy (non-hydrogen) atoms. The lowest BCUT2D eigenvalue weighted by Gasteiger charge is -2.35. The van der Waals surface area contributed by atoms with Crippen LogP contribution in [-0.2, 0) is 12.0 Å². The number of primary amides is 1. The fraction of sp³-hybridized carbons (Fsp3) is 0.375. The molecule has 1 amide bonds. The highest BCUT2D eigenvalue weighted by Crippen LogP contribution is 2.55. The minimum Gasteiger partial charge on any atom is -0.493 e. The molecule has 3 N–H and O–H groups in total. The molecule has 0 bridgehead atoms. The maximum absolute atomic E-state index is 10.2. The van der Waals surface area contributed by atoms with Crippen LogP contribution in [0.2, 0.25) is 0 Å². The van der Waals surface area contributed by atoms with Gasteiger partial charge >= 0.3 is 6.09 Å². The first-order valence-electron chi connectivity index (χ1n) is 10.4. The van der Waals surface area contributed by atoms with E-state index in [-0.39, 0.29) is 11.5 Å². The molecule has 7 nitrogen and oxygen atoms in total. The number of amides is 1. The molecule has 3 aliphatic rings. The maximum Gasteiger partial charge on any atom is 0.409 e. The number of hydrogen-bond donors (Lipinski definition) is 2. The fourth-order valence-corrected chi connectivity index (χ4v) is 4.68. The first-order valence-corrected chi connectivity index (χ1v) is 10.4. The van der Waals surface area contributed by atoms with Gasteiger partial charge in [-0.1, -0.05) is 36.4 Å². The van der Waals surface area contributed by atoms with Crippen LogP contribution in [0.3, 0.4) is 0 Å². The molecule has 164 valence electrons. The quantitative estimate of drug-likeness (QED) is 0.720. The van der Waals surface area contributed by atoms with Gasteiger partial charge in [-0.3, -0.25) is 0 Å². The molecule has 0 radical (unpaired) electrons. The first-order chi connectivity index (χ1) is 14.9. The number of aliphatic hydroxyl groups is 1. The van der Waals surface area contributed by atoms with Crippen molar-refractivity contribution in [1.82, 2.24) is 4.90 Å². The Morgan fingerprint density at radius 2 is 2.03 bits per heavy atom. The summed E-state index contributed by atoms with van der Waals surface area (Å²) in [5, 5.41) is 9.97. The molecule has 7 heteroatoms. The lowest BCUT2D eigenvalue weighted by Crippen LogP contribution is -2.42. The third-order valence-electron chi connectivity index (χ3n) is 6.11. The van der Waals surface area contributed by atoms with Crippen LogP contribution in [0.4, 0.5) is 4.79 Å². The van der Waals surface area contributed by atoms with Crippen LogP contribution in [0.15, 0.2) is 54.6 Å². The standard InChI is InChI=1S/C17H21NO3.C7H7NO2/c1-18-8-7-17-6-5-12(19)9-14(17)21-16-13(20-2)4-3-11(10-18)15(16)17;8-7(9)10-6-4-2-1-3-5-6/h3-6,12,14,19H,7-10H2,1-2H3;1-5H,(H2,8,9)/t12-,14-,17-;/m0./s1. The maximum atomic E-state index is 10.2. The number of aliphatic hydroxyl groups excluding tert-OH is 1. The predicted octanol–water partition coefficient (Wildman–Crippen LogP) is 2.99. The molecular formula is C24H28N2O5. The fourth-order valence-electron chi connectivity index (χ4n) is 4.68. The van der Waals surface area contributed by atoms with Crippen LogP contribution in [0.1, 0.15) is 24.0 Å². The van der Waals surface area contributed by atoms with Gasteiger partial charge in [-0.05, 0) is 43.8 Å². The van der Waals surface area contributed by atoms with E-state index in [0.29, 0.717) is 12.2 Å². The zero-order valence-electron chi connectivity index (χ0n) is 17.8. The van der Waals surface area contributed by atoms with Crippen molar-refractivity contribution < 1.29 is 24.1 Å². The third-order valence-corrected chi connectivity index (χ3v) is 6.11. The van der Waals surface area contributed by atoms with E-state index in [1.807, 2.05) is 18.2 Å². The van der Waals surface area contributed by atoms with E-state index in [0.717, 1.165) is 31.0 Å². The highest BCUT2D eigenvalue weighted by Gasteiger charge is 2.52. The molecule has 0 saturated carbocycles. The second kappa shape index (κ2) is 8.61. The monoisotopic (exact) mass is 424 g/mol. The number of carbonyl (C=O) groups excluding carboxylic acids is 1. The Morgan fingerprint density at radius 1 is 1.26 bits per heavy atom. The average molecular weight is 424 g/mol. The molecule has 0 aromatic heterocycles. The van der Waals surface area contributed by atoms with E-state index in [1.54, 1.807) is 31.4 Å². The number of carbonyl (C=O) groups is 1. The summed E-state index contributed by atoms with van der Waals surface area (Å²) in [6.45, 7) is 1.96. The molecule has 5 rings (SSSR count). The van der Waals surface area contributed by atoms with Crippen molar-refractivity contribution in [3.63, 3.8) is 0 Å². The number of methoxy groups -OCH3 is 1. The van der Waals surface area contributed by atoms with Gasteiger partial charge < -0.3 is 30.0 Å². The summed E-state index contributed by atoms with van der Waals surface area (Å²) in [6, 6.07) is 12.8. The largest absolute Gasteiger partial charge is 0.493 e. The molecule has 1 aliphatic carbocycles. The molecule has 2 aliphatic heterocycles. The van der Waals surface area contributed by atoms with Crippen LogP contribution in [0.5, 0.6) is 17.2 Å². The molecular weight excluding hydrogens is 396 g/mol. The number of benzene rings is 2. The topological polar surface area (TPSA) is 94.3 Å². The second-order valence-electron chi connectivity index (χ2n) is 8.16. The zero-order chi connectivity index (χ0) is 22.0. The van der Waals surface area contributed by atoms with E-state index in [9.17, 15) is 9.90 Å². The Kier molecular flexibility index (Phi) is 5.89. The highest BCUT2D eigenvalue weighted by atomic mass is 16.5. The molecule has 1 spiro atoms. The summed E-state index contributed by atoms with van der Waals surface area (Å²) in [4.78, 5) is 12.5. The molecule has 0 unspecified atom stereocenters. The van der Waals surface area contributed by atoms with Crippen molar-refractivity contribution >= 4 is 6.09 Å². The van der Waals surface area contributed by atoms with Gasteiger partial charge in [0.15, 0.2) is 11.5 Å². The highest BCUT2D eigenvalue weighted by molar-refractivity contribution is 5.67. The predicted molar refractivity (Wildman–Crippen MR) is 116 cm³/mol. The van der Waals surface area contributed by atoms with Gasteiger partial charge in [-0.15, -0.1) is 0 Å². The molecule has 0 saturated heterocycles. The summed E-state index contributed by atoms with van der Waals surface area (Å²) >= 11 is 0. The molecule has 2 aromatic rings. The third kappa shape index (κ3) is 4.11. The summed E-state index contributed by atoms with van der Waals surface area (Å²) < 4.78 is 16.3. The number of ether oxygens (including phenoxy) is 3. The van der Waals surface area contributed by atoms with Gasteiger partial charge in [0.2, 0.25) is 0 Å². The van der Waals surface area contributed by atoms with Crippen molar-refractivity contribution in [3.8, 4) is 17.2 Å². The van der Waals surface area contributed by atoms with E-state index in [4.69, 9.17) is 15.2 Å². The Balaban J connectivity index is 0.000000196. The van der Waals surface area contributed by atoms with Crippen LogP contribution in [-0.4, -0.2) is 49.0 Å². The molecule has 2 heterocycles. The first kappa shape index (κ1) is 21.2. The second-order valence-corrected chi connectivity index (χ2v) is 8.16. The van der Waals surface area contributed by atoms with E-state index >= 15 is 0 Å². The Morgan fingerprint density at radius 3 is 2.74 bits per heavy atom. The SMILES string of the molecule is COc1ccc2c3c1O[C@H]1C[C@@H](O)C=C[C@@]31CCN(C)C2.NC(=O)Oc1ccccc1. The van der Waals surface area contributed by atoms with Gasteiger partial charge in [0.05, 0.1) is 18.6 Å². The number of rotatable bonds is 2. The van der Waals surface area contributed by atoms with Gasteiger partial charge in [-0.2, -0.15) is 0 Å². The number of nitrogens with two attached hydrogens (primary N) is 1. The van der Waals surface area contributed by atoms with Crippen LogP contribution in [0, 0.1) is 0 Å². The van der Waals surface area contributed by atoms with Crippen LogP contribution in [0.25, 0.3) is 0 Å². The normalized spacial score (nSPS) is 25.8. The number of nitrogens with zero attached hydrogens (tertiary/aromatic N) is 1. The van der Waals surface area contributed by atoms with Crippen LogP contribution >= 0.6 is 0 Å².